The third-order valence-electron chi connectivity index (χ3n) is 4.83. The van der Waals surface area contributed by atoms with E-state index < -0.39 is 27.8 Å². The Morgan fingerprint density at radius 2 is 1.59 bits per heavy atom. The Hall–Kier alpha value is -3.96. The first-order chi connectivity index (χ1) is 16.1. The number of hydrogen-bond acceptors (Lipinski definition) is 7. The molecule has 0 aliphatic rings. The lowest BCUT2D eigenvalue weighted by molar-refractivity contribution is -0.126. The van der Waals surface area contributed by atoms with Crippen molar-refractivity contribution in [3.05, 3.63) is 67.1 Å². The molecule has 0 aliphatic carbocycles. The molecule has 0 radical (unpaired) electrons. The minimum Gasteiger partial charge on any atom is -0.325 e. The molecule has 0 saturated carbocycles. The number of anilines is 2. The van der Waals surface area contributed by atoms with E-state index in [1.165, 1.54) is 45.3 Å². The monoisotopic (exact) mass is 480 g/mol. The molecule has 1 unspecified atom stereocenters. The molecule has 176 valence electrons. The van der Waals surface area contributed by atoms with Crippen LogP contribution in [0, 0.1) is 11.3 Å². The first kappa shape index (κ1) is 24.7. The minimum atomic E-state index is -3.70. The predicted octanol–water partition coefficient (Wildman–Crippen LogP) is 2.63. The van der Waals surface area contributed by atoms with Crippen LogP contribution < -0.4 is 10.6 Å². The van der Waals surface area contributed by atoms with E-state index >= 15 is 0 Å². The van der Waals surface area contributed by atoms with Crippen LogP contribution in [0.15, 0.2) is 72.0 Å². The van der Waals surface area contributed by atoms with Crippen LogP contribution in [0.4, 0.5) is 11.4 Å². The van der Waals surface area contributed by atoms with Gasteiger partial charge in [-0.2, -0.15) is 0 Å². The van der Waals surface area contributed by atoms with Gasteiger partial charge in [0.15, 0.2) is 5.92 Å². The van der Waals surface area contributed by atoms with E-state index in [-0.39, 0.29) is 16.3 Å². The van der Waals surface area contributed by atoms with Crippen LogP contribution in [0.3, 0.4) is 0 Å². The quantitative estimate of drug-likeness (QED) is 0.334. The van der Waals surface area contributed by atoms with Gasteiger partial charge in [0.1, 0.15) is 0 Å². The predicted molar refractivity (Wildman–Crippen MR) is 129 cm³/mol. The molecule has 34 heavy (non-hydrogen) atoms. The second-order valence-electron chi connectivity index (χ2n) is 7.58. The minimum absolute atomic E-state index is 0.0105. The number of carbonyl (C=O) groups excluding carboxylic acids is 2. The zero-order valence-electron chi connectivity index (χ0n) is 18.8. The fourth-order valence-corrected chi connectivity index (χ4v) is 4.04. The lowest BCUT2D eigenvalue weighted by atomic mass is 10.0. The van der Waals surface area contributed by atoms with Gasteiger partial charge in [-0.1, -0.05) is 18.2 Å². The molecule has 0 fully saturated rings. The van der Waals surface area contributed by atoms with Crippen molar-refractivity contribution in [2.75, 3.05) is 24.7 Å². The zero-order valence-corrected chi connectivity index (χ0v) is 19.6. The molecule has 2 amide bonds. The maximum atomic E-state index is 12.9. The van der Waals surface area contributed by atoms with Gasteiger partial charge in [0, 0.05) is 49.1 Å². The maximum Gasteiger partial charge on any atom is 0.242 e. The second kappa shape index (κ2) is 10.3. The fourth-order valence-electron chi connectivity index (χ4n) is 3.09. The van der Waals surface area contributed by atoms with Crippen molar-refractivity contribution >= 4 is 38.9 Å². The van der Waals surface area contributed by atoms with Gasteiger partial charge in [0.05, 0.1) is 16.8 Å². The van der Waals surface area contributed by atoms with E-state index in [0.717, 1.165) is 9.87 Å². The van der Waals surface area contributed by atoms with Crippen molar-refractivity contribution in [2.45, 2.75) is 11.8 Å². The number of amides is 2. The Morgan fingerprint density at radius 3 is 2.15 bits per heavy atom. The molecule has 0 spiro atoms. The second-order valence-corrected chi connectivity index (χ2v) is 9.73. The Bertz CT molecular complexity index is 1330. The smallest absolute Gasteiger partial charge is 0.242 e. The van der Waals surface area contributed by atoms with Crippen molar-refractivity contribution in [3.63, 3.8) is 0 Å². The van der Waals surface area contributed by atoms with Gasteiger partial charge in [-0.3, -0.25) is 19.6 Å². The van der Waals surface area contributed by atoms with E-state index in [1.54, 1.807) is 42.9 Å². The van der Waals surface area contributed by atoms with Gasteiger partial charge >= 0.3 is 0 Å². The molecule has 1 heterocycles. The molecule has 3 aromatic rings. The highest BCUT2D eigenvalue weighted by Crippen LogP contribution is 2.22. The fraction of sp³-hybridized carbons (Fsp3) is 0.174. The molecule has 0 saturated heterocycles. The summed E-state index contributed by atoms with van der Waals surface area (Å²) in [6, 6.07) is 12.6. The summed E-state index contributed by atoms with van der Waals surface area (Å²) < 4.78 is 25.8. The van der Waals surface area contributed by atoms with Gasteiger partial charge < -0.3 is 16.0 Å². The summed E-state index contributed by atoms with van der Waals surface area (Å²) in [5, 5.41) is 13.2. The number of nitrogens with zero attached hydrogens (tertiary/aromatic N) is 3. The van der Waals surface area contributed by atoms with E-state index in [2.05, 4.69) is 20.6 Å². The summed E-state index contributed by atoms with van der Waals surface area (Å²) in [6.45, 7) is 1.35. The first-order valence-corrected chi connectivity index (χ1v) is 11.6. The van der Waals surface area contributed by atoms with Gasteiger partial charge in [0.2, 0.25) is 21.8 Å². The summed E-state index contributed by atoms with van der Waals surface area (Å²) in [6.07, 6.45) is 4.69. The summed E-state index contributed by atoms with van der Waals surface area (Å²) in [4.78, 5) is 34.0. The van der Waals surface area contributed by atoms with E-state index in [1.807, 2.05) is 0 Å². The molecular formula is C23H24N6O4S. The number of benzene rings is 2. The van der Waals surface area contributed by atoms with Gasteiger partial charge in [-0.05, 0) is 37.3 Å². The Morgan fingerprint density at radius 1 is 0.971 bits per heavy atom. The molecule has 3 rings (SSSR count). The van der Waals surface area contributed by atoms with Crippen LogP contribution >= 0.6 is 0 Å². The molecule has 0 bridgehead atoms. The normalized spacial score (nSPS) is 12.1. The Balaban J connectivity index is 1.78. The average Bonchev–Trinajstić information content (AvgIpc) is 2.79. The summed E-state index contributed by atoms with van der Waals surface area (Å²) >= 11 is 0. The van der Waals surface area contributed by atoms with Crippen LogP contribution in [0.5, 0.6) is 0 Å². The van der Waals surface area contributed by atoms with E-state index in [9.17, 15) is 18.0 Å². The molecular weight excluding hydrogens is 456 g/mol. The van der Waals surface area contributed by atoms with Crippen molar-refractivity contribution < 1.29 is 18.0 Å². The maximum absolute atomic E-state index is 12.9. The summed E-state index contributed by atoms with van der Waals surface area (Å²) in [5.41, 5.74) is 1.78. The number of carbonyl (C=O) groups is 2. The topological polar surface area (TPSA) is 145 Å². The van der Waals surface area contributed by atoms with E-state index in [0.29, 0.717) is 11.4 Å². The van der Waals surface area contributed by atoms with Crippen LogP contribution in [0.25, 0.3) is 11.3 Å². The highest BCUT2D eigenvalue weighted by Gasteiger charge is 2.29. The number of aromatic nitrogens is 2. The van der Waals surface area contributed by atoms with Crippen molar-refractivity contribution in [2.24, 2.45) is 5.92 Å². The highest BCUT2D eigenvalue weighted by molar-refractivity contribution is 7.89. The third-order valence-corrected chi connectivity index (χ3v) is 6.64. The standard InChI is InChI=1S/C23H24N6O4S/c1-15(24)21(23(31)28-18-8-5-9-19(13-18)34(32,33)29(2)3)22(30)27-17-7-4-6-16(12-17)20-14-25-10-11-26-20/h4-14,21,24H,1-3H3,(H,27,30)(H,28,31). The molecule has 3 N–H and O–H groups in total. The number of rotatable bonds is 8. The Kier molecular flexibility index (Phi) is 7.49. The first-order valence-electron chi connectivity index (χ1n) is 10.2. The van der Waals surface area contributed by atoms with Crippen molar-refractivity contribution in [1.82, 2.24) is 14.3 Å². The number of hydrogen-bond donors (Lipinski definition) is 3. The lowest BCUT2D eigenvalue weighted by Gasteiger charge is -2.17. The lowest BCUT2D eigenvalue weighted by Crippen LogP contribution is -2.38. The number of sulfonamides is 1. The van der Waals surface area contributed by atoms with Gasteiger partial charge in [-0.15, -0.1) is 0 Å². The number of nitrogens with one attached hydrogen (secondary N) is 3. The summed E-state index contributed by atoms with van der Waals surface area (Å²) in [7, 11) is -0.902. The largest absolute Gasteiger partial charge is 0.325 e. The highest BCUT2D eigenvalue weighted by atomic mass is 32.2. The van der Waals surface area contributed by atoms with Crippen molar-refractivity contribution in [1.29, 1.82) is 5.41 Å². The van der Waals surface area contributed by atoms with E-state index in [4.69, 9.17) is 5.41 Å². The molecule has 10 nitrogen and oxygen atoms in total. The van der Waals surface area contributed by atoms with Crippen LogP contribution in [0.1, 0.15) is 6.92 Å². The molecule has 0 aliphatic heterocycles. The van der Waals surface area contributed by atoms with Crippen LogP contribution in [-0.2, 0) is 19.6 Å². The summed E-state index contributed by atoms with van der Waals surface area (Å²) in [5.74, 6) is -2.87. The van der Waals surface area contributed by atoms with Crippen LogP contribution in [0.2, 0.25) is 0 Å². The zero-order chi connectivity index (χ0) is 24.9. The van der Waals surface area contributed by atoms with Crippen LogP contribution in [-0.4, -0.2) is 54.3 Å². The van der Waals surface area contributed by atoms with Gasteiger partial charge in [0.25, 0.3) is 0 Å². The molecule has 11 heteroatoms. The molecule has 2 aromatic carbocycles. The van der Waals surface area contributed by atoms with Crippen molar-refractivity contribution in [3.8, 4) is 11.3 Å². The van der Waals surface area contributed by atoms with Gasteiger partial charge in [-0.25, -0.2) is 12.7 Å². The average molecular weight is 481 g/mol. The molecule has 1 aromatic heterocycles. The third kappa shape index (κ3) is 5.69. The SMILES string of the molecule is CC(=N)C(C(=O)Nc1cccc(-c2cnccn2)c1)C(=O)Nc1cccc(S(=O)(=O)N(C)C)c1. The molecule has 1 atom stereocenters. The Labute approximate surface area is 197 Å².